The minimum atomic E-state index is -0.168. The van der Waals surface area contributed by atoms with Gasteiger partial charge in [0.25, 0.3) is 5.91 Å². The van der Waals surface area contributed by atoms with E-state index in [1.54, 1.807) is 23.7 Å². The molecule has 1 amide bonds. The van der Waals surface area contributed by atoms with Crippen molar-refractivity contribution in [3.63, 3.8) is 0 Å². The number of benzene rings is 1. The van der Waals surface area contributed by atoms with Crippen molar-refractivity contribution >= 4 is 17.5 Å². The fourth-order valence-corrected chi connectivity index (χ4v) is 2.68. The number of carbonyl (C=O) groups excluding carboxylic acids is 1. The van der Waals surface area contributed by atoms with E-state index in [0.717, 1.165) is 5.69 Å². The van der Waals surface area contributed by atoms with E-state index in [4.69, 9.17) is 21.1 Å². The molecule has 0 aliphatic carbocycles. The fraction of sp³-hybridized carbons (Fsp3) is 0.375. The first-order valence-electron chi connectivity index (χ1n) is 7.29. The van der Waals surface area contributed by atoms with Crippen LogP contribution in [0.4, 0.5) is 0 Å². The van der Waals surface area contributed by atoms with Gasteiger partial charge in [-0.2, -0.15) is 5.10 Å². The number of amides is 1. The van der Waals surface area contributed by atoms with E-state index >= 15 is 0 Å². The molecule has 0 radical (unpaired) electrons. The van der Waals surface area contributed by atoms with Gasteiger partial charge in [0.2, 0.25) is 0 Å². The molecular formula is C16H18ClN3O3. The Labute approximate surface area is 139 Å². The van der Waals surface area contributed by atoms with Crippen molar-refractivity contribution in [2.24, 2.45) is 7.05 Å². The summed E-state index contributed by atoms with van der Waals surface area (Å²) < 4.78 is 12.7. The van der Waals surface area contributed by atoms with Crippen LogP contribution in [0.3, 0.4) is 0 Å². The molecule has 0 N–H and O–H groups in total. The molecule has 1 fully saturated rings. The molecule has 1 aliphatic heterocycles. The number of ether oxygens (including phenoxy) is 2. The van der Waals surface area contributed by atoms with Gasteiger partial charge in [0.05, 0.1) is 30.9 Å². The lowest BCUT2D eigenvalue weighted by Crippen LogP contribution is -2.56. The Morgan fingerprint density at radius 2 is 1.96 bits per heavy atom. The molecule has 1 aromatic carbocycles. The average Bonchev–Trinajstić information content (AvgIpc) is 2.78. The summed E-state index contributed by atoms with van der Waals surface area (Å²) in [6.07, 6.45) is -0.0566. The Bertz CT molecular complexity index is 738. The van der Waals surface area contributed by atoms with Gasteiger partial charge in [-0.3, -0.25) is 9.48 Å². The Hall–Kier alpha value is -2.21. The van der Waals surface area contributed by atoms with Crippen molar-refractivity contribution in [2.75, 3.05) is 20.2 Å². The van der Waals surface area contributed by atoms with Crippen LogP contribution in [0.5, 0.6) is 11.5 Å². The van der Waals surface area contributed by atoms with Gasteiger partial charge in [-0.1, -0.05) is 23.7 Å². The number of carbonyl (C=O) groups is 1. The zero-order valence-electron chi connectivity index (χ0n) is 13.2. The summed E-state index contributed by atoms with van der Waals surface area (Å²) in [5.74, 6) is 1.19. The lowest BCUT2D eigenvalue weighted by Gasteiger charge is -2.38. The topological polar surface area (TPSA) is 56.6 Å². The van der Waals surface area contributed by atoms with E-state index in [1.165, 1.54) is 0 Å². The van der Waals surface area contributed by atoms with Gasteiger partial charge in [-0.15, -0.1) is 0 Å². The third kappa shape index (κ3) is 2.86. The standard InChI is InChI=1S/C16H18ClN3O3/c1-10-14(17)15(18-19(10)2)16(21)20-8-11(9-20)23-13-7-5-4-6-12(13)22-3/h4-7,11H,8-9H2,1-3H3. The molecule has 2 heterocycles. The van der Waals surface area contributed by atoms with Gasteiger partial charge in [-0.25, -0.2) is 0 Å². The van der Waals surface area contributed by atoms with Gasteiger partial charge in [0, 0.05) is 7.05 Å². The zero-order chi connectivity index (χ0) is 16.6. The Kier molecular flexibility index (Phi) is 4.17. The number of rotatable bonds is 4. The second-order valence-electron chi connectivity index (χ2n) is 5.47. The molecule has 1 aromatic heterocycles. The summed E-state index contributed by atoms with van der Waals surface area (Å²) in [6.45, 7) is 2.83. The lowest BCUT2D eigenvalue weighted by molar-refractivity contribution is 0.0164. The van der Waals surface area contributed by atoms with Crippen LogP contribution in [0, 0.1) is 6.92 Å². The molecule has 7 heteroatoms. The van der Waals surface area contributed by atoms with E-state index in [9.17, 15) is 4.79 Å². The molecule has 0 saturated carbocycles. The minimum Gasteiger partial charge on any atom is -0.493 e. The van der Waals surface area contributed by atoms with Gasteiger partial charge in [0.1, 0.15) is 6.10 Å². The van der Waals surface area contributed by atoms with Crippen LogP contribution >= 0.6 is 11.6 Å². The van der Waals surface area contributed by atoms with Crippen LogP contribution in [0.1, 0.15) is 16.2 Å². The number of aromatic nitrogens is 2. The van der Waals surface area contributed by atoms with Crippen LogP contribution in [-0.2, 0) is 7.05 Å². The van der Waals surface area contributed by atoms with Gasteiger partial charge in [-0.05, 0) is 19.1 Å². The maximum atomic E-state index is 12.4. The molecule has 23 heavy (non-hydrogen) atoms. The number of nitrogens with zero attached hydrogens (tertiary/aromatic N) is 3. The molecule has 6 nitrogen and oxygen atoms in total. The lowest BCUT2D eigenvalue weighted by atomic mass is 10.1. The van der Waals surface area contributed by atoms with Gasteiger partial charge >= 0.3 is 0 Å². The van der Waals surface area contributed by atoms with Crippen molar-refractivity contribution in [1.29, 1.82) is 0 Å². The van der Waals surface area contributed by atoms with E-state index in [2.05, 4.69) is 5.10 Å². The van der Waals surface area contributed by atoms with E-state index < -0.39 is 0 Å². The largest absolute Gasteiger partial charge is 0.493 e. The molecular weight excluding hydrogens is 318 g/mol. The monoisotopic (exact) mass is 335 g/mol. The van der Waals surface area contributed by atoms with Crippen LogP contribution in [0.25, 0.3) is 0 Å². The third-order valence-electron chi connectivity index (χ3n) is 3.96. The number of hydrogen-bond acceptors (Lipinski definition) is 4. The van der Waals surface area contributed by atoms with Crippen LogP contribution < -0.4 is 9.47 Å². The maximum Gasteiger partial charge on any atom is 0.276 e. The first kappa shape index (κ1) is 15.7. The minimum absolute atomic E-state index is 0.0566. The molecule has 0 atom stereocenters. The van der Waals surface area contributed by atoms with E-state index in [1.807, 2.05) is 31.2 Å². The van der Waals surface area contributed by atoms with Gasteiger partial charge in [0.15, 0.2) is 17.2 Å². The van der Waals surface area contributed by atoms with Crippen molar-refractivity contribution in [2.45, 2.75) is 13.0 Å². The summed E-state index contributed by atoms with van der Waals surface area (Å²) in [6, 6.07) is 7.46. The van der Waals surface area contributed by atoms with Crippen LogP contribution in [-0.4, -0.2) is 46.9 Å². The summed E-state index contributed by atoms with van der Waals surface area (Å²) >= 11 is 6.16. The predicted octanol–water partition coefficient (Wildman–Crippen LogP) is 2.29. The molecule has 0 unspecified atom stereocenters. The molecule has 1 aliphatic rings. The number of para-hydroxylation sites is 2. The van der Waals surface area contributed by atoms with Crippen LogP contribution in [0.2, 0.25) is 5.02 Å². The smallest absolute Gasteiger partial charge is 0.276 e. The zero-order valence-corrected chi connectivity index (χ0v) is 14.0. The Balaban J connectivity index is 1.62. The summed E-state index contributed by atoms with van der Waals surface area (Å²) in [5.41, 5.74) is 1.07. The first-order chi connectivity index (χ1) is 11.0. The number of hydrogen-bond donors (Lipinski definition) is 0. The molecule has 1 saturated heterocycles. The highest BCUT2D eigenvalue weighted by molar-refractivity contribution is 6.34. The van der Waals surface area contributed by atoms with Gasteiger partial charge < -0.3 is 14.4 Å². The highest BCUT2D eigenvalue weighted by atomic mass is 35.5. The molecule has 0 spiro atoms. The predicted molar refractivity (Wildman–Crippen MR) is 86.3 cm³/mol. The number of methoxy groups -OCH3 is 1. The van der Waals surface area contributed by atoms with E-state index in [0.29, 0.717) is 35.3 Å². The maximum absolute atomic E-state index is 12.4. The Morgan fingerprint density at radius 3 is 2.52 bits per heavy atom. The first-order valence-corrected chi connectivity index (χ1v) is 7.67. The van der Waals surface area contributed by atoms with Crippen molar-refractivity contribution in [3.05, 3.63) is 40.7 Å². The van der Waals surface area contributed by atoms with Crippen LogP contribution in [0.15, 0.2) is 24.3 Å². The quantitative estimate of drug-likeness (QED) is 0.860. The normalized spacial score (nSPS) is 14.5. The number of aryl methyl sites for hydroxylation is 1. The fourth-order valence-electron chi connectivity index (χ4n) is 2.44. The third-order valence-corrected chi connectivity index (χ3v) is 4.41. The highest BCUT2D eigenvalue weighted by Crippen LogP contribution is 2.29. The second kappa shape index (κ2) is 6.12. The van der Waals surface area contributed by atoms with Crippen molar-refractivity contribution in [3.8, 4) is 11.5 Å². The van der Waals surface area contributed by atoms with E-state index in [-0.39, 0.29) is 12.0 Å². The molecule has 122 valence electrons. The second-order valence-corrected chi connectivity index (χ2v) is 5.85. The Morgan fingerprint density at radius 1 is 1.30 bits per heavy atom. The van der Waals surface area contributed by atoms with Crippen molar-refractivity contribution < 1.29 is 14.3 Å². The summed E-state index contributed by atoms with van der Waals surface area (Å²) in [5, 5.41) is 4.59. The SMILES string of the molecule is COc1ccccc1OC1CN(C(=O)c2nn(C)c(C)c2Cl)C1. The highest BCUT2D eigenvalue weighted by Gasteiger charge is 2.35. The van der Waals surface area contributed by atoms with Crippen molar-refractivity contribution in [1.82, 2.24) is 14.7 Å². The summed E-state index contributed by atoms with van der Waals surface area (Å²) in [4.78, 5) is 14.1. The molecule has 3 rings (SSSR count). The molecule has 0 bridgehead atoms. The average molecular weight is 336 g/mol. The number of likely N-dealkylation sites (tertiary alicyclic amines) is 1. The molecule has 2 aromatic rings. The summed E-state index contributed by atoms with van der Waals surface area (Å²) in [7, 11) is 3.37. The number of halogens is 1.